The highest BCUT2D eigenvalue weighted by Crippen LogP contribution is 2.26. The van der Waals surface area contributed by atoms with Crippen LogP contribution < -0.4 is 10.2 Å². The van der Waals surface area contributed by atoms with Crippen LogP contribution in [-0.2, 0) is 4.74 Å². The fraction of sp³-hybridized carbons (Fsp3) is 0.115. The van der Waals surface area contributed by atoms with E-state index in [9.17, 15) is 9.59 Å². The van der Waals surface area contributed by atoms with Gasteiger partial charge in [0, 0.05) is 5.56 Å². The van der Waals surface area contributed by atoms with Crippen molar-refractivity contribution in [2.45, 2.75) is 6.92 Å². The number of furan rings is 1. The molecule has 4 rings (SSSR count). The Balaban J connectivity index is 1.44. The summed E-state index contributed by atoms with van der Waals surface area (Å²) in [4.78, 5) is 24.4. The summed E-state index contributed by atoms with van der Waals surface area (Å²) in [6.07, 6.45) is 1.42. The van der Waals surface area contributed by atoms with E-state index in [1.54, 1.807) is 49.4 Å². The van der Waals surface area contributed by atoms with Gasteiger partial charge in [-0.05, 0) is 54.1 Å². The van der Waals surface area contributed by atoms with Crippen LogP contribution in [0.3, 0.4) is 0 Å². The molecule has 0 saturated carbocycles. The van der Waals surface area contributed by atoms with Gasteiger partial charge in [0.2, 0.25) is 0 Å². The number of nitrogens with one attached hydrogen (secondary N) is 1. The molecule has 3 aromatic carbocycles. The average molecular weight is 442 g/mol. The van der Waals surface area contributed by atoms with Crippen molar-refractivity contribution >= 4 is 28.9 Å². The number of esters is 1. The van der Waals surface area contributed by atoms with Crippen molar-refractivity contribution in [2.24, 2.45) is 5.10 Å². The van der Waals surface area contributed by atoms with Crippen LogP contribution in [0.1, 0.15) is 33.4 Å². The Kier molecular flexibility index (Phi) is 6.50. The normalized spacial score (nSPS) is 11.0. The van der Waals surface area contributed by atoms with Gasteiger partial charge in [-0.15, -0.1) is 0 Å². The maximum atomic E-state index is 12.6. The van der Waals surface area contributed by atoms with Crippen molar-refractivity contribution in [1.82, 2.24) is 5.43 Å². The maximum Gasteiger partial charge on any atom is 0.338 e. The number of benzene rings is 3. The number of nitrogens with zero attached hydrogens (tertiary/aromatic N) is 1. The first-order chi connectivity index (χ1) is 16.1. The lowest BCUT2D eigenvalue weighted by Crippen LogP contribution is -2.18. The Morgan fingerprint density at radius 1 is 1.00 bits per heavy atom. The molecule has 0 atom stereocenters. The molecule has 0 aliphatic rings. The zero-order valence-corrected chi connectivity index (χ0v) is 18.2. The third kappa shape index (κ3) is 4.93. The van der Waals surface area contributed by atoms with Crippen molar-refractivity contribution in [1.29, 1.82) is 0 Å². The maximum absolute atomic E-state index is 12.6. The number of carbonyl (C=O) groups is 2. The number of carbonyl (C=O) groups excluding carboxylic acids is 2. The van der Waals surface area contributed by atoms with E-state index in [-0.39, 0.29) is 5.97 Å². The molecule has 1 aromatic heterocycles. The summed E-state index contributed by atoms with van der Waals surface area (Å²) in [7, 11) is 1.52. The van der Waals surface area contributed by atoms with Gasteiger partial charge in [-0.25, -0.2) is 10.2 Å². The fourth-order valence-corrected chi connectivity index (χ4v) is 3.34. The highest BCUT2D eigenvalue weighted by molar-refractivity contribution is 6.01. The molecule has 7 nitrogen and oxygen atoms in total. The molecule has 0 bridgehead atoms. The second-order valence-corrected chi connectivity index (χ2v) is 7.10. The van der Waals surface area contributed by atoms with Crippen LogP contribution in [0.5, 0.6) is 5.75 Å². The largest absolute Gasteiger partial charge is 0.496 e. The van der Waals surface area contributed by atoms with E-state index in [4.69, 9.17) is 13.9 Å². The van der Waals surface area contributed by atoms with E-state index in [2.05, 4.69) is 10.5 Å². The molecule has 1 amide bonds. The number of hydrazone groups is 1. The highest BCUT2D eigenvalue weighted by Gasteiger charge is 2.13. The second kappa shape index (κ2) is 9.82. The number of methoxy groups -OCH3 is 1. The molecule has 0 saturated heterocycles. The topological polar surface area (TPSA) is 90.1 Å². The minimum absolute atomic E-state index is 0.325. The molecule has 0 radical (unpaired) electrons. The van der Waals surface area contributed by atoms with Crippen molar-refractivity contribution in [3.63, 3.8) is 0 Å². The Hall–Kier alpha value is -4.39. The Labute approximate surface area is 190 Å². The van der Waals surface area contributed by atoms with Gasteiger partial charge in [-0.3, -0.25) is 4.79 Å². The number of fused-ring (bicyclic) bond motifs is 1. The third-order valence-electron chi connectivity index (χ3n) is 4.98. The van der Waals surface area contributed by atoms with E-state index < -0.39 is 5.91 Å². The second-order valence-electron chi connectivity index (χ2n) is 7.10. The quantitative estimate of drug-likeness (QED) is 0.246. The van der Waals surface area contributed by atoms with Gasteiger partial charge in [-0.1, -0.05) is 36.4 Å². The Morgan fingerprint density at radius 3 is 2.42 bits per heavy atom. The summed E-state index contributed by atoms with van der Waals surface area (Å²) in [5.74, 6) is 0.776. The first-order valence-corrected chi connectivity index (χ1v) is 10.4. The molecule has 0 aliphatic carbocycles. The fourth-order valence-electron chi connectivity index (χ4n) is 3.34. The number of hydrogen-bond donors (Lipinski definition) is 1. The van der Waals surface area contributed by atoms with Gasteiger partial charge in [-0.2, -0.15) is 5.10 Å². The smallest absolute Gasteiger partial charge is 0.338 e. The van der Waals surface area contributed by atoms with E-state index in [1.165, 1.54) is 13.3 Å². The molecular weight excluding hydrogens is 420 g/mol. The Morgan fingerprint density at radius 2 is 1.73 bits per heavy atom. The number of amides is 1. The van der Waals surface area contributed by atoms with E-state index >= 15 is 0 Å². The first kappa shape index (κ1) is 21.8. The van der Waals surface area contributed by atoms with E-state index in [1.807, 2.05) is 30.3 Å². The van der Waals surface area contributed by atoms with Crippen LogP contribution in [0.4, 0.5) is 0 Å². The molecule has 4 aromatic rings. The van der Waals surface area contributed by atoms with Crippen LogP contribution in [-0.4, -0.2) is 31.8 Å². The monoisotopic (exact) mass is 442 g/mol. The van der Waals surface area contributed by atoms with Crippen molar-refractivity contribution in [3.05, 3.63) is 89.7 Å². The van der Waals surface area contributed by atoms with Gasteiger partial charge in [0.1, 0.15) is 17.3 Å². The minimum Gasteiger partial charge on any atom is -0.496 e. The van der Waals surface area contributed by atoms with Crippen molar-refractivity contribution in [3.8, 4) is 17.1 Å². The van der Waals surface area contributed by atoms with Gasteiger partial charge in [0.05, 0.1) is 31.1 Å². The van der Waals surface area contributed by atoms with Crippen LogP contribution in [0.25, 0.3) is 22.1 Å². The Bertz CT molecular complexity index is 1320. The van der Waals surface area contributed by atoms with Crippen LogP contribution in [0.15, 0.2) is 82.3 Å². The average Bonchev–Trinajstić information content (AvgIpc) is 3.32. The third-order valence-corrected chi connectivity index (χ3v) is 4.98. The standard InChI is InChI=1S/C26H22N2O5/c1-3-32-26(30)18-10-8-17(9-11-18)23-13-12-21(33-23)16-27-28-25(29)22-14-19-6-4-5-7-20(19)15-24(22)31-2/h4-16H,3H2,1-2H3,(H,28,29). The van der Waals surface area contributed by atoms with Crippen LogP contribution in [0.2, 0.25) is 0 Å². The van der Waals surface area contributed by atoms with Gasteiger partial charge < -0.3 is 13.9 Å². The molecule has 0 aliphatic heterocycles. The molecule has 0 fully saturated rings. The highest BCUT2D eigenvalue weighted by atomic mass is 16.5. The summed E-state index contributed by atoms with van der Waals surface area (Å²) in [5.41, 5.74) is 4.16. The first-order valence-electron chi connectivity index (χ1n) is 10.4. The molecule has 166 valence electrons. The molecule has 33 heavy (non-hydrogen) atoms. The molecule has 1 heterocycles. The summed E-state index contributed by atoms with van der Waals surface area (Å²) in [6, 6.07) is 21.8. The summed E-state index contributed by atoms with van der Waals surface area (Å²) >= 11 is 0. The van der Waals surface area contributed by atoms with E-state index in [0.717, 1.165) is 16.3 Å². The number of rotatable bonds is 7. The number of ether oxygens (including phenoxy) is 2. The predicted molar refractivity (Wildman–Crippen MR) is 126 cm³/mol. The lowest BCUT2D eigenvalue weighted by atomic mass is 10.1. The summed E-state index contributed by atoms with van der Waals surface area (Å²) in [6.45, 7) is 2.09. The van der Waals surface area contributed by atoms with Gasteiger partial charge in [0.25, 0.3) is 5.91 Å². The minimum atomic E-state index is -0.393. The van der Waals surface area contributed by atoms with Crippen LogP contribution >= 0.6 is 0 Å². The zero-order chi connectivity index (χ0) is 23.2. The summed E-state index contributed by atoms with van der Waals surface area (Å²) < 4.78 is 16.1. The summed E-state index contributed by atoms with van der Waals surface area (Å²) in [5, 5.41) is 5.91. The van der Waals surface area contributed by atoms with Crippen molar-refractivity contribution < 1.29 is 23.5 Å². The van der Waals surface area contributed by atoms with Gasteiger partial charge in [0.15, 0.2) is 0 Å². The lowest BCUT2D eigenvalue weighted by Gasteiger charge is -2.09. The molecule has 0 unspecified atom stereocenters. The molecular formula is C26H22N2O5. The molecule has 7 heteroatoms. The molecule has 0 spiro atoms. The molecule has 1 N–H and O–H groups in total. The zero-order valence-electron chi connectivity index (χ0n) is 18.2. The van der Waals surface area contributed by atoms with Gasteiger partial charge >= 0.3 is 5.97 Å². The van der Waals surface area contributed by atoms with E-state index in [0.29, 0.717) is 35.0 Å². The van der Waals surface area contributed by atoms with Crippen LogP contribution in [0, 0.1) is 0 Å². The van der Waals surface area contributed by atoms with Crippen molar-refractivity contribution in [2.75, 3.05) is 13.7 Å². The number of hydrogen-bond acceptors (Lipinski definition) is 6. The SMILES string of the molecule is CCOC(=O)c1ccc(-c2ccc(C=NNC(=O)c3cc4ccccc4cc3OC)o2)cc1. The lowest BCUT2D eigenvalue weighted by molar-refractivity contribution is 0.0526. The predicted octanol–water partition coefficient (Wildman–Crippen LogP) is 5.05.